The van der Waals surface area contributed by atoms with Gasteiger partial charge < -0.3 is 15.8 Å². The zero-order valence-electron chi connectivity index (χ0n) is 12.4. The topological polar surface area (TPSA) is 77.2 Å². The predicted molar refractivity (Wildman–Crippen MR) is 82.1 cm³/mol. The van der Waals surface area contributed by atoms with Crippen molar-refractivity contribution in [2.75, 3.05) is 6.54 Å². The average Bonchev–Trinajstić information content (AvgIpc) is 3.18. The molecule has 3 N–H and O–H groups in total. The van der Waals surface area contributed by atoms with Crippen LogP contribution in [-0.2, 0) is 15.1 Å². The van der Waals surface area contributed by atoms with Gasteiger partial charge >= 0.3 is 0 Å². The molecule has 116 valence electrons. The Morgan fingerprint density at radius 3 is 2.86 bits per heavy atom. The van der Waals surface area contributed by atoms with Crippen LogP contribution in [0.1, 0.15) is 49.2 Å². The molecule has 2 fully saturated rings. The zero-order chi connectivity index (χ0) is 14.9. The number of thiazole rings is 1. The maximum atomic E-state index is 12.5. The fraction of sp³-hybridized carbons (Fsp3) is 0.733. The van der Waals surface area contributed by atoms with Gasteiger partial charge in [0.1, 0.15) is 11.1 Å². The van der Waals surface area contributed by atoms with Crippen LogP contribution in [0.5, 0.6) is 0 Å². The molecule has 0 unspecified atom stereocenters. The van der Waals surface area contributed by atoms with E-state index in [1.807, 2.05) is 6.92 Å². The first-order valence-corrected chi connectivity index (χ1v) is 8.61. The summed E-state index contributed by atoms with van der Waals surface area (Å²) >= 11 is 1.65. The zero-order valence-corrected chi connectivity index (χ0v) is 13.2. The molecule has 0 spiro atoms. The van der Waals surface area contributed by atoms with Crippen molar-refractivity contribution in [2.45, 2.75) is 63.2 Å². The number of nitrogens with two attached hydrogens (primary N) is 1. The van der Waals surface area contributed by atoms with E-state index < -0.39 is 0 Å². The summed E-state index contributed by atoms with van der Waals surface area (Å²) in [5.41, 5.74) is 6.36. The summed E-state index contributed by atoms with van der Waals surface area (Å²) < 4.78 is 5.71. The number of hydrogen-bond donors (Lipinski definition) is 2. The summed E-state index contributed by atoms with van der Waals surface area (Å²) in [7, 11) is 0. The molecule has 21 heavy (non-hydrogen) atoms. The summed E-state index contributed by atoms with van der Waals surface area (Å²) in [4.78, 5) is 17.2. The van der Waals surface area contributed by atoms with E-state index in [9.17, 15) is 4.79 Å². The van der Waals surface area contributed by atoms with E-state index in [4.69, 9.17) is 10.5 Å². The van der Waals surface area contributed by atoms with Crippen molar-refractivity contribution in [3.05, 3.63) is 16.1 Å². The molecular weight excluding hydrogens is 286 g/mol. The molecule has 0 radical (unpaired) electrons. The second-order valence-electron chi connectivity index (χ2n) is 6.13. The Morgan fingerprint density at radius 1 is 1.52 bits per heavy atom. The lowest BCUT2D eigenvalue weighted by Gasteiger charge is -2.29. The number of amides is 1. The first-order valence-electron chi connectivity index (χ1n) is 7.73. The predicted octanol–water partition coefficient (Wildman–Crippen LogP) is 1.84. The summed E-state index contributed by atoms with van der Waals surface area (Å²) in [6.45, 7) is 2.48. The van der Waals surface area contributed by atoms with Gasteiger partial charge in [0.05, 0.1) is 11.6 Å². The summed E-state index contributed by atoms with van der Waals surface area (Å²) in [6, 6.07) is 0. The SMILES string of the molecule is Cc1csc(C2(NC(=O)[C@@H]3CC[C@H](CN)O3)CCCC2)n1. The highest BCUT2D eigenvalue weighted by atomic mass is 32.1. The van der Waals surface area contributed by atoms with Crippen LogP contribution in [0.25, 0.3) is 0 Å². The fourth-order valence-corrected chi connectivity index (χ4v) is 4.35. The minimum absolute atomic E-state index is 0.000651. The summed E-state index contributed by atoms with van der Waals surface area (Å²) in [6.07, 6.45) is 5.53. The molecule has 1 aliphatic carbocycles. The Bertz CT molecular complexity index is 511. The van der Waals surface area contributed by atoms with Crippen LogP contribution in [0.15, 0.2) is 5.38 Å². The maximum absolute atomic E-state index is 12.5. The first kappa shape index (κ1) is 14.9. The Morgan fingerprint density at radius 2 is 2.29 bits per heavy atom. The number of carbonyl (C=O) groups is 1. The Balaban J connectivity index is 1.72. The molecule has 3 rings (SSSR count). The highest BCUT2D eigenvalue weighted by molar-refractivity contribution is 7.09. The second-order valence-corrected chi connectivity index (χ2v) is 6.99. The number of aromatic nitrogens is 1. The van der Waals surface area contributed by atoms with Crippen LogP contribution in [0, 0.1) is 6.92 Å². The number of carbonyl (C=O) groups excluding carboxylic acids is 1. The lowest BCUT2D eigenvalue weighted by atomic mass is 9.97. The first-order chi connectivity index (χ1) is 10.1. The van der Waals surface area contributed by atoms with Gasteiger partial charge in [-0.2, -0.15) is 0 Å². The quantitative estimate of drug-likeness (QED) is 0.890. The molecule has 2 aliphatic rings. The molecule has 6 heteroatoms. The van der Waals surface area contributed by atoms with Gasteiger partial charge in [0, 0.05) is 17.6 Å². The largest absolute Gasteiger partial charge is 0.364 e. The normalized spacial score (nSPS) is 27.9. The van der Waals surface area contributed by atoms with Gasteiger partial charge in [-0.15, -0.1) is 11.3 Å². The van der Waals surface area contributed by atoms with Crippen LogP contribution in [-0.4, -0.2) is 29.6 Å². The third-order valence-corrected chi connectivity index (χ3v) is 5.68. The van der Waals surface area contributed by atoms with Gasteiger partial charge in [0.2, 0.25) is 5.91 Å². The fourth-order valence-electron chi connectivity index (χ4n) is 3.33. The van der Waals surface area contributed by atoms with Crippen LogP contribution in [0.2, 0.25) is 0 Å². The van der Waals surface area contributed by atoms with Crippen molar-refractivity contribution in [2.24, 2.45) is 5.73 Å². The Hall–Kier alpha value is -0.980. The van der Waals surface area contributed by atoms with Gasteiger partial charge in [0.15, 0.2) is 0 Å². The highest BCUT2D eigenvalue weighted by Gasteiger charge is 2.42. The van der Waals surface area contributed by atoms with Gasteiger partial charge in [-0.25, -0.2) is 4.98 Å². The summed E-state index contributed by atoms with van der Waals surface area (Å²) in [5.74, 6) is 0.000651. The molecule has 1 saturated carbocycles. The van der Waals surface area contributed by atoms with Gasteiger partial charge in [-0.05, 0) is 32.6 Å². The average molecular weight is 309 g/mol. The number of aryl methyl sites for hydroxylation is 1. The van der Waals surface area contributed by atoms with E-state index in [0.29, 0.717) is 6.54 Å². The number of hydrogen-bond acceptors (Lipinski definition) is 5. The van der Waals surface area contributed by atoms with E-state index in [2.05, 4.69) is 15.7 Å². The second kappa shape index (κ2) is 6.02. The van der Waals surface area contributed by atoms with Gasteiger partial charge in [0.25, 0.3) is 0 Å². The monoisotopic (exact) mass is 309 g/mol. The van der Waals surface area contributed by atoms with Crippen LogP contribution in [0.3, 0.4) is 0 Å². The minimum atomic E-state index is -0.350. The lowest BCUT2D eigenvalue weighted by molar-refractivity contribution is -0.134. The van der Waals surface area contributed by atoms with E-state index in [0.717, 1.165) is 49.2 Å². The summed E-state index contributed by atoms with van der Waals surface area (Å²) in [5, 5.41) is 6.35. The number of rotatable bonds is 4. The molecule has 5 nitrogen and oxygen atoms in total. The molecule has 1 aliphatic heterocycles. The standard InChI is InChI=1S/C15H23N3O2S/c1-10-9-21-14(17-10)15(6-2-3-7-15)18-13(19)12-5-4-11(8-16)20-12/h9,11-12H,2-8,16H2,1H3,(H,18,19)/t11-,12+/m1/s1. The molecule has 1 aromatic rings. The van der Waals surface area contributed by atoms with Crippen LogP contribution >= 0.6 is 11.3 Å². The van der Waals surface area contributed by atoms with E-state index in [-0.39, 0.29) is 23.7 Å². The van der Waals surface area contributed by atoms with Gasteiger partial charge in [-0.3, -0.25) is 4.79 Å². The Kier molecular flexibility index (Phi) is 4.28. The third kappa shape index (κ3) is 2.98. The number of ether oxygens (including phenoxy) is 1. The van der Waals surface area contributed by atoms with E-state index in [1.54, 1.807) is 11.3 Å². The Labute approximate surface area is 129 Å². The highest BCUT2D eigenvalue weighted by Crippen LogP contribution is 2.40. The number of nitrogens with zero attached hydrogens (tertiary/aromatic N) is 1. The third-order valence-electron chi connectivity index (χ3n) is 4.51. The maximum Gasteiger partial charge on any atom is 0.249 e. The van der Waals surface area contributed by atoms with Crippen molar-refractivity contribution >= 4 is 17.2 Å². The molecule has 1 aromatic heterocycles. The number of nitrogens with one attached hydrogen (secondary N) is 1. The van der Waals surface area contributed by atoms with Crippen LogP contribution in [0.4, 0.5) is 0 Å². The van der Waals surface area contributed by atoms with Gasteiger partial charge in [-0.1, -0.05) is 12.8 Å². The molecule has 0 bridgehead atoms. The smallest absolute Gasteiger partial charge is 0.249 e. The van der Waals surface area contributed by atoms with Crippen molar-refractivity contribution in [1.29, 1.82) is 0 Å². The molecule has 2 atom stereocenters. The van der Waals surface area contributed by atoms with E-state index >= 15 is 0 Å². The van der Waals surface area contributed by atoms with Crippen molar-refractivity contribution < 1.29 is 9.53 Å². The molecule has 1 amide bonds. The molecule has 1 saturated heterocycles. The van der Waals surface area contributed by atoms with E-state index in [1.165, 1.54) is 0 Å². The van der Waals surface area contributed by atoms with Crippen LogP contribution < -0.4 is 11.1 Å². The van der Waals surface area contributed by atoms with Crippen molar-refractivity contribution in [3.8, 4) is 0 Å². The molecular formula is C15H23N3O2S. The minimum Gasteiger partial charge on any atom is -0.364 e. The lowest BCUT2D eigenvalue weighted by Crippen LogP contribution is -2.48. The van der Waals surface area contributed by atoms with Crippen molar-refractivity contribution in [3.63, 3.8) is 0 Å². The molecule has 2 heterocycles. The molecule has 0 aromatic carbocycles. The van der Waals surface area contributed by atoms with Crippen molar-refractivity contribution in [1.82, 2.24) is 10.3 Å².